The lowest BCUT2D eigenvalue weighted by molar-refractivity contribution is -0.280. The fourth-order valence-electron chi connectivity index (χ4n) is 1.40. The summed E-state index contributed by atoms with van der Waals surface area (Å²) in [5.74, 6) is 0.256. The molecule has 0 amide bonds. The monoisotopic (exact) mass is 208 g/mol. The normalized spacial score (nSPS) is 29.7. The third-order valence-corrected chi connectivity index (χ3v) is 3.12. The Bertz CT molecular complexity index is 105. The minimum absolute atomic E-state index is 0.274. The average Bonchev–Trinajstić information content (AvgIpc) is 1.90. The molecule has 0 bridgehead atoms. The van der Waals surface area contributed by atoms with E-state index >= 15 is 0 Å². The zero-order chi connectivity index (χ0) is 7.61. The summed E-state index contributed by atoms with van der Waals surface area (Å²) in [6.45, 7) is 0. The van der Waals surface area contributed by atoms with Crippen molar-refractivity contribution in [3.8, 4) is 0 Å². The topological polar surface area (TPSA) is 18.5 Å². The first-order chi connectivity index (χ1) is 4.79. The van der Waals surface area contributed by atoms with Gasteiger partial charge in [0.15, 0.2) is 5.79 Å². The Labute approximate surface area is 70.0 Å². The van der Waals surface area contributed by atoms with E-state index in [-0.39, 0.29) is 5.79 Å². The third-order valence-electron chi connectivity index (χ3n) is 2.34. The summed E-state index contributed by atoms with van der Waals surface area (Å²) in [5, 5.41) is 0.967. The molecule has 0 saturated heterocycles. The Balaban J connectivity index is 2.48. The zero-order valence-corrected chi connectivity index (χ0v) is 7.98. The standard InChI is InChI=1S/C7H13BrO2/c1-9-7(10-2)4-3-6(7)5-8/h6H,3-5H2,1-2H3. The van der Waals surface area contributed by atoms with Crippen LogP contribution in [0.1, 0.15) is 12.8 Å². The molecule has 0 N–H and O–H groups in total. The minimum Gasteiger partial charge on any atom is -0.353 e. The first-order valence-electron chi connectivity index (χ1n) is 3.45. The summed E-state index contributed by atoms with van der Waals surface area (Å²) in [6.07, 6.45) is 2.23. The molecule has 1 saturated carbocycles. The van der Waals surface area contributed by atoms with Gasteiger partial charge in [-0.2, -0.15) is 0 Å². The second-order valence-electron chi connectivity index (χ2n) is 2.61. The van der Waals surface area contributed by atoms with Gasteiger partial charge in [0.05, 0.1) is 0 Å². The predicted molar refractivity (Wildman–Crippen MR) is 43.3 cm³/mol. The van der Waals surface area contributed by atoms with E-state index in [4.69, 9.17) is 9.47 Å². The van der Waals surface area contributed by atoms with Gasteiger partial charge in [0, 0.05) is 31.9 Å². The van der Waals surface area contributed by atoms with E-state index in [0.29, 0.717) is 5.92 Å². The molecule has 0 spiro atoms. The summed E-state index contributed by atoms with van der Waals surface area (Å²) < 4.78 is 10.5. The van der Waals surface area contributed by atoms with Crippen LogP contribution in [0.2, 0.25) is 0 Å². The smallest absolute Gasteiger partial charge is 0.171 e. The number of alkyl halides is 1. The second-order valence-corrected chi connectivity index (χ2v) is 3.26. The van der Waals surface area contributed by atoms with Crippen molar-refractivity contribution in [1.82, 2.24) is 0 Å². The lowest BCUT2D eigenvalue weighted by Gasteiger charge is -2.46. The highest BCUT2D eigenvalue weighted by Crippen LogP contribution is 2.42. The first kappa shape index (κ1) is 8.50. The molecule has 1 rings (SSSR count). The van der Waals surface area contributed by atoms with Crippen molar-refractivity contribution in [2.45, 2.75) is 18.6 Å². The van der Waals surface area contributed by atoms with Gasteiger partial charge < -0.3 is 9.47 Å². The molecule has 0 aromatic rings. The molecule has 60 valence electrons. The third kappa shape index (κ3) is 1.11. The van der Waals surface area contributed by atoms with Crippen molar-refractivity contribution >= 4 is 15.9 Å². The Morgan fingerprint density at radius 2 is 2.10 bits per heavy atom. The highest BCUT2D eigenvalue weighted by Gasteiger charge is 2.46. The Morgan fingerprint density at radius 3 is 2.20 bits per heavy atom. The van der Waals surface area contributed by atoms with Crippen molar-refractivity contribution < 1.29 is 9.47 Å². The van der Waals surface area contributed by atoms with Crippen LogP contribution in [0.3, 0.4) is 0 Å². The van der Waals surface area contributed by atoms with Crippen molar-refractivity contribution in [3.63, 3.8) is 0 Å². The van der Waals surface area contributed by atoms with E-state index in [9.17, 15) is 0 Å². The molecule has 1 atom stereocenters. The maximum Gasteiger partial charge on any atom is 0.171 e. The van der Waals surface area contributed by atoms with Crippen LogP contribution < -0.4 is 0 Å². The molecule has 0 aromatic heterocycles. The lowest BCUT2D eigenvalue weighted by Crippen LogP contribution is -2.51. The fraction of sp³-hybridized carbons (Fsp3) is 1.00. The van der Waals surface area contributed by atoms with Gasteiger partial charge in [0.2, 0.25) is 0 Å². The molecule has 10 heavy (non-hydrogen) atoms. The zero-order valence-electron chi connectivity index (χ0n) is 6.39. The largest absolute Gasteiger partial charge is 0.353 e. The molecule has 1 aliphatic carbocycles. The van der Waals surface area contributed by atoms with Crippen LogP contribution in [-0.2, 0) is 9.47 Å². The van der Waals surface area contributed by atoms with Crippen LogP contribution in [0, 0.1) is 5.92 Å². The second kappa shape index (κ2) is 3.20. The highest BCUT2D eigenvalue weighted by atomic mass is 79.9. The van der Waals surface area contributed by atoms with E-state index < -0.39 is 0 Å². The van der Waals surface area contributed by atoms with Crippen LogP contribution in [0.4, 0.5) is 0 Å². The van der Waals surface area contributed by atoms with Gasteiger partial charge in [0.25, 0.3) is 0 Å². The number of rotatable bonds is 3. The molecule has 2 nitrogen and oxygen atoms in total. The van der Waals surface area contributed by atoms with E-state index in [0.717, 1.165) is 11.8 Å². The van der Waals surface area contributed by atoms with E-state index in [1.807, 2.05) is 0 Å². The fourth-order valence-corrected chi connectivity index (χ4v) is 2.22. The highest BCUT2D eigenvalue weighted by molar-refractivity contribution is 9.09. The Kier molecular flexibility index (Phi) is 2.72. The van der Waals surface area contributed by atoms with E-state index in [2.05, 4.69) is 15.9 Å². The summed E-state index contributed by atoms with van der Waals surface area (Å²) >= 11 is 3.42. The number of ether oxygens (including phenoxy) is 2. The molecule has 1 unspecified atom stereocenters. The van der Waals surface area contributed by atoms with Gasteiger partial charge in [-0.05, 0) is 6.42 Å². The van der Waals surface area contributed by atoms with Crippen molar-refractivity contribution in [3.05, 3.63) is 0 Å². The summed E-state index contributed by atoms with van der Waals surface area (Å²) in [5.41, 5.74) is 0. The van der Waals surface area contributed by atoms with E-state index in [1.54, 1.807) is 14.2 Å². The molecule has 1 aliphatic rings. The quantitative estimate of drug-likeness (QED) is 0.521. The van der Waals surface area contributed by atoms with Gasteiger partial charge in [-0.3, -0.25) is 0 Å². The van der Waals surface area contributed by atoms with Crippen molar-refractivity contribution in [2.75, 3.05) is 19.5 Å². The van der Waals surface area contributed by atoms with Crippen LogP contribution in [0.15, 0.2) is 0 Å². The molecule has 1 fully saturated rings. The van der Waals surface area contributed by atoms with Crippen LogP contribution >= 0.6 is 15.9 Å². The van der Waals surface area contributed by atoms with Gasteiger partial charge in [-0.25, -0.2) is 0 Å². The summed E-state index contributed by atoms with van der Waals surface area (Å²) in [6, 6.07) is 0. The summed E-state index contributed by atoms with van der Waals surface area (Å²) in [7, 11) is 3.41. The lowest BCUT2D eigenvalue weighted by atomic mass is 9.79. The van der Waals surface area contributed by atoms with Crippen molar-refractivity contribution in [2.24, 2.45) is 5.92 Å². The van der Waals surface area contributed by atoms with Gasteiger partial charge in [-0.15, -0.1) is 0 Å². The molecule has 0 aliphatic heterocycles. The first-order valence-corrected chi connectivity index (χ1v) is 4.57. The SMILES string of the molecule is COC1(OC)CCC1CBr. The van der Waals surface area contributed by atoms with E-state index in [1.165, 1.54) is 6.42 Å². The molecular formula is C7H13BrO2. The molecule has 0 aromatic carbocycles. The molecule has 3 heteroatoms. The molecule has 0 heterocycles. The Morgan fingerprint density at radius 1 is 1.50 bits per heavy atom. The number of hydrogen-bond acceptors (Lipinski definition) is 2. The number of halogens is 1. The maximum atomic E-state index is 5.27. The summed E-state index contributed by atoms with van der Waals surface area (Å²) in [4.78, 5) is 0. The molecule has 0 radical (unpaired) electrons. The van der Waals surface area contributed by atoms with Crippen LogP contribution in [0.5, 0.6) is 0 Å². The van der Waals surface area contributed by atoms with Crippen molar-refractivity contribution in [1.29, 1.82) is 0 Å². The Hall–Kier alpha value is 0.400. The number of hydrogen-bond donors (Lipinski definition) is 0. The average molecular weight is 209 g/mol. The minimum atomic E-state index is -0.274. The van der Waals surface area contributed by atoms with Gasteiger partial charge in [0.1, 0.15) is 0 Å². The van der Waals surface area contributed by atoms with Crippen LogP contribution in [0.25, 0.3) is 0 Å². The molecular weight excluding hydrogens is 196 g/mol. The predicted octanol–water partition coefficient (Wildman–Crippen LogP) is 1.78. The van der Waals surface area contributed by atoms with Gasteiger partial charge in [-0.1, -0.05) is 15.9 Å². The van der Waals surface area contributed by atoms with Crippen LogP contribution in [-0.4, -0.2) is 25.3 Å². The van der Waals surface area contributed by atoms with Gasteiger partial charge >= 0.3 is 0 Å². The number of methoxy groups -OCH3 is 2. The maximum absolute atomic E-state index is 5.27.